The van der Waals surface area contributed by atoms with E-state index in [0.717, 1.165) is 6.42 Å². The highest BCUT2D eigenvalue weighted by atomic mass is 16.5. The Morgan fingerprint density at radius 2 is 2.17 bits per heavy atom. The topological polar surface area (TPSA) is 29.5 Å². The fourth-order valence-corrected chi connectivity index (χ4v) is 1.92. The molecule has 72 valence electrons. The van der Waals surface area contributed by atoms with Crippen LogP contribution in [0.25, 0.3) is 0 Å². The van der Waals surface area contributed by atoms with Crippen LogP contribution in [0.3, 0.4) is 0 Å². The molecule has 0 aromatic heterocycles. The predicted octanol–water partition coefficient (Wildman–Crippen LogP) is 1.82. The van der Waals surface area contributed by atoms with Crippen molar-refractivity contribution < 1.29 is 9.84 Å². The van der Waals surface area contributed by atoms with Crippen LogP contribution in [0.5, 0.6) is 0 Å². The van der Waals surface area contributed by atoms with Crippen molar-refractivity contribution in [1.29, 1.82) is 0 Å². The van der Waals surface area contributed by atoms with Crippen LogP contribution in [0.1, 0.15) is 33.6 Å². The zero-order chi connectivity index (χ0) is 9.14. The van der Waals surface area contributed by atoms with Crippen molar-refractivity contribution in [2.45, 2.75) is 45.8 Å². The van der Waals surface area contributed by atoms with Gasteiger partial charge in [0.2, 0.25) is 0 Å². The number of rotatable bonds is 3. The van der Waals surface area contributed by atoms with Crippen LogP contribution in [-0.4, -0.2) is 23.9 Å². The summed E-state index contributed by atoms with van der Waals surface area (Å²) >= 11 is 0. The molecule has 2 nitrogen and oxygen atoms in total. The molecule has 1 fully saturated rings. The molecule has 4 unspecified atom stereocenters. The number of aliphatic hydroxyl groups excluding tert-OH is 1. The normalized spacial score (nSPS) is 38.5. The molecule has 1 rings (SSSR count). The highest BCUT2D eigenvalue weighted by molar-refractivity contribution is 4.78. The zero-order valence-electron chi connectivity index (χ0n) is 8.29. The molecule has 1 aliphatic rings. The Morgan fingerprint density at radius 3 is 2.58 bits per heavy atom. The van der Waals surface area contributed by atoms with Gasteiger partial charge in [0.05, 0.1) is 12.2 Å². The average molecular weight is 172 g/mol. The van der Waals surface area contributed by atoms with Gasteiger partial charge in [0.15, 0.2) is 0 Å². The van der Waals surface area contributed by atoms with Crippen molar-refractivity contribution in [3.63, 3.8) is 0 Å². The van der Waals surface area contributed by atoms with E-state index in [1.165, 1.54) is 6.42 Å². The molecule has 0 aliphatic carbocycles. The molecule has 0 amide bonds. The van der Waals surface area contributed by atoms with E-state index >= 15 is 0 Å². The molecule has 0 aromatic rings. The van der Waals surface area contributed by atoms with Gasteiger partial charge in [0.1, 0.15) is 0 Å². The fourth-order valence-electron chi connectivity index (χ4n) is 1.92. The second-order valence-electron chi connectivity index (χ2n) is 4.22. The van der Waals surface area contributed by atoms with E-state index in [-0.39, 0.29) is 6.61 Å². The summed E-state index contributed by atoms with van der Waals surface area (Å²) < 4.78 is 5.73. The minimum atomic E-state index is 0.279. The van der Waals surface area contributed by atoms with Crippen LogP contribution in [-0.2, 0) is 4.74 Å². The Hall–Kier alpha value is -0.0800. The number of ether oxygens (including phenoxy) is 1. The maximum atomic E-state index is 8.89. The first kappa shape index (κ1) is 10.0. The minimum Gasteiger partial charge on any atom is -0.396 e. The van der Waals surface area contributed by atoms with Gasteiger partial charge in [0, 0.05) is 6.61 Å². The van der Waals surface area contributed by atoms with E-state index in [1.54, 1.807) is 0 Å². The molecule has 1 aliphatic heterocycles. The summed E-state index contributed by atoms with van der Waals surface area (Å²) in [6.07, 6.45) is 2.96. The monoisotopic (exact) mass is 172 g/mol. The molecule has 0 spiro atoms. The number of hydrogen-bond acceptors (Lipinski definition) is 2. The van der Waals surface area contributed by atoms with Gasteiger partial charge in [-0.3, -0.25) is 0 Å². The third kappa shape index (κ3) is 2.46. The van der Waals surface area contributed by atoms with Gasteiger partial charge in [-0.2, -0.15) is 0 Å². The van der Waals surface area contributed by atoms with Gasteiger partial charge in [0.25, 0.3) is 0 Å². The third-order valence-electron chi connectivity index (χ3n) is 2.69. The first-order chi connectivity index (χ1) is 5.63. The molecule has 0 aromatic carbocycles. The van der Waals surface area contributed by atoms with Gasteiger partial charge >= 0.3 is 0 Å². The fraction of sp³-hybridized carbons (Fsp3) is 1.00. The summed E-state index contributed by atoms with van der Waals surface area (Å²) in [7, 11) is 0. The molecule has 0 radical (unpaired) electrons. The minimum absolute atomic E-state index is 0.279. The molecule has 4 atom stereocenters. The summed E-state index contributed by atoms with van der Waals surface area (Å²) in [4.78, 5) is 0. The Bertz CT molecular complexity index is 136. The van der Waals surface area contributed by atoms with E-state index in [9.17, 15) is 0 Å². The maximum absolute atomic E-state index is 8.89. The van der Waals surface area contributed by atoms with Crippen LogP contribution in [0, 0.1) is 11.8 Å². The Kier molecular flexibility index (Phi) is 3.53. The van der Waals surface area contributed by atoms with Gasteiger partial charge in [-0.05, 0) is 31.6 Å². The molecular weight excluding hydrogens is 152 g/mol. The smallest absolute Gasteiger partial charge is 0.0608 e. The summed E-state index contributed by atoms with van der Waals surface area (Å²) in [5, 5.41) is 8.89. The predicted molar refractivity (Wildman–Crippen MR) is 49.0 cm³/mol. The van der Waals surface area contributed by atoms with Gasteiger partial charge in [-0.25, -0.2) is 0 Å². The van der Waals surface area contributed by atoms with Crippen molar-refractivity contribution in [1.82, 2.24) is 0 Å². The highest BCUT2D eigenvalue weighted by Crippen LogP contribution is 2.29. The lowest BCUT2D eigenvalue weighted by atomic mass is 9.94. The molecule has 0 saturated carbocycles. The van der Waals surface area contributed by atoms with E-state index < -0.39 is 0 Å². The van der Waals surface area contributed by atoms with E-state index in [0.29, 0.717) is 24.0 Å². The van der Waals surface area contributed by atoms with Gasteiger partial charge in [-0.15, -0.1) is 0 Å². The summed E-state index contributed by atoms with van der Waals surface area (Å²) in [6.45, 7) is 6.71. The lowest BCUT2D eigenvalue weighted by Gasteiger charge is -2.18. The van der Waals surface area contributed by atoms with Crippen molar-refractivity contribution >= 4 is 0 Å². The average Bonchev–Trinajstić information content (AvgIpc) is 2.30. The lowest BCUT2D eigenvalue weighted by Crippen LogP contribution is -2.19. The lowest BCUT2D eigenvalue weighted by molar-refractivity contribution is 0.0256. The molecule has 1 N–H and O–H groups in total. The molecule has 1 heterocycles. The summed E-state index contributed by atoms with van der Waals surface area (Å²) in [5.74, 6) is 1.04. The third-order valence-corrected chi connectivity index (χ3v) is 2.69. The van der Waals surface area contributed by atoms with Gasteiger partial charge < -0.3 is 9.84 Å². The molecule has 0 bridgehead atoms. The number of aliphatic hydroxyl groups is 1. The van der Waals surface area contributed by atoms with Crippen LogP contribution < -0.4 is 0 Å². The SMILES string of the molecule is CC(CO)CC1OC(C)CC1C. The molecule has 2 heteroatoms. The summed E-state index contributed by atoms with van der Waals surface area (Å²) in [6, 6.07) is 0. The molecular formula is C10H20O2. The first-order valence-corrected chi connectivity index (χ1v) is 4.89. The van der Waals surface area contributed by atoms with Crippen LogP contribution in [0.15, 0.2) is 0 Å². The maximum Gasteiger partial charge on any atom is 0.0608 e. The second kappa shape index (κ2) is 4.24. The highest BCUT2D eigenvalue weighted by Gasteiger charge is 2.30. The Balaban J connectivity index is 2.32. The van der Waals surface area contributed by atoms with E-state index in [4.69, 9.17) is 9.84 Å². The van der Waals surface area contributed by atoms with Gasteiger partial charge in [-0.1, -0.05) is 13.8 Å². The first-order valence-electron chi connectivity index (χ1n) is 4.89. The Morgan fingerprint density at radius 1 is 1.50 bits per heavy atom. The molecule has 12 heavy (non-hydrogen) atoms. The van der Waals surface area contributed by atoms with Crippen molar-refractivity contribution in [2.75, 3.05) is 6.61 Å². The largest absolute Gasteiger partial charge is 0.396 e. The van der Waals surface area contributed by atoms with Crippen LogP contribution in [0.2, 0.25) is 0 Å². The van der Waals surface area contributed by atoms with Crippen LogP contribution in [0.4, 0.5) is 0 Å². The second-order valence-corrected chi connectivity index (χ2v) is 4.22. The van der Waals surface area contributed by atoms with Crippen molar-refractivity contribution in [3.05, 3.63) is 0 Å². The zero-order valence-corrected chi connectivity index (χ0v) is 8.29. The Labute approximate surface area is 74.9 Å². The number of hydrogen-bond donors (Lipinski definition) is 1. The summed E-state index contributed by atoms with van der Waals surface area (Å²) in [5.41, 5.74) is 0. The van der Waals surface area contributed by atoms with E-state index in [2.05, 4.69) is 20.8 Å². The van der Waals surface area contributed by atoms with E-state index in [1.807, 2.05) is 0 Å². The van der Waals surface area contributed by atoms with Crippen molar-refractivity contribution in [3.8, 4) is 0 Å². The van der Waals surface area contributed by atoms with Crippen molar-refractivity contribution in [2.24, 2.45) is 11.8 Å². The molecule has 1 saturated heterocycles. The standard InChI is InChI=1S/C10H20O2/c1-7(6-11)4-10-8(2)5-9(3)12-10/h7-11H,4-6H2,1-3H3. The van der Waals surface area contributed by atoms with Crippen LogP contribution >= 0.6 is 0 Å². The quantitative estimate of drug-likeness (QED) is 0.703.